The van der Waals surface area contributed by atoms with Crippen LogP contribution >= 0.6 is 0 Å². The standard InChI is InChI=1S/C17H26N2O3/c1-13(17(20)19-10-8-18-9-11-19)4-5-14-12-15(21-2)6-7-16(14)22-3/h6-7,12-13,18H,4-5,8-11H2,1-3H3. The average Bonchev–Trinajstić information content (AvgIpc) is 2.59. The maximum absolute atomic E-state index is 12.4. The number of nitrogens with one attached hydrogen (secondary N) is 1. The first-order chi connectivity index (χ1) is 10.7. The number of hydrogen-bond donors (Lipinski definition) is 1. The number of piperazine rings is 1. The monoisotopic (exact) mass is 306 g/mol. The van der Waals surface area contributed by atoms with Gasteiger partial charge in [0.2, 0.25) is 5.91 Å². The topological polar surface area (TPSA) is 50.8 Å². The molecule has 5 heteroatoms. The number of aryl methyl sites for hydroxylation is 1. The normalized spacial score (nSPS) is 16.2. The van der Waals surface area contributed by atoms with Crippen molar-refractivity contribution < 1.29 is 14.3 Å². The van der Waals surface area contributed by atoms with Gasteiger partial charge >= 0.3 is 0 Å². The lowest BCUT2D eigenvalue weighted by atomic mass is 9.98. The van der Waals surface area contributed by atoms with E-state index in [1.54, 1.807) is 14.2 Å². The van der Waals surface area contributed by atoms with E-state index in [9.17, 15) is 4.79 Å². The highest BCUT2D eigenvalue weighted by Gasteiger charge is 2.22. The van der Waals surface area contributed by atoms with Gasteiger partial charge in [0.05, 0.1) is 14.2 Å². The Morgan fingerprint density at radius 3 is 2.64 bits per heavy atom. The summed E-state index contributed by atoms with van der Waals surface area (Å²) in [4.78, 5) is 14.4. The Kier molecular flexibility index (Phi) is 6.07. The highest BCUT2D eigenvalue weighted by molar-refractivity contribution is 5.78. The van der Waals surface area contributed by atoms with Gasteiger partial charge in [0.25, 0.3) is 0 Å². The third-order valence-electron chi connectivity index (χ3n) is 4.18. The summed E-state index contributed by atoms with van der Waals surface area (Å²) < 4.78 is 10.7. The van der Waals surface area contributed by atoms with Crippen molar-refractivity contribution in [3.05, 3.63) is 23.8 Å². The molecule has 1 aliphatic rings. The van der Waals surface area contributed by atoms with Gasteiger partial charge in [0, 0.05) is 32.1 Å². The summed E-state index contributed by atoms with van der Waals surface area (Å²) >= 11 is 0. The van der Waals surface area contributed by atoms with Crippen molar-refractivity contribution in [2.24, 2.45) is 5.92 Å². The molecule has 1 atom stereocenters. The highest BCUT2D eigenvalue weighted by Crippen LogP contribution is 2.26. The number of ether oxygens (including phenoxy) is 2. The molecule has 1 aromatic rings. The molecule has 0 saturated carbocycles. The highest BCUT2D eigenvalue weighted by atomic mass is 16.5. The molecule has 0 aliphatic carbocycles. The Bertz CT molecular complexity index is 499. The molecule has 2 rings (SSSR count). The van der Waals surface area contributed by atoms with Crippen LogP contribution < -0.4 is 14.8 Å². The average molecular weight is 306 g/mol. The minimum atomic E-state index is 0.0222. The van der Waals surface area contributed by atoms with Gasteiger partial charge in [0.15, 0.2) is 0 Å². The lowest BCUT2D eigenvalue weighted by molar-refractivity contribution is -0.135. The minimum Gasteiger partial charge on any atom is -0.497 e. The quantitative estimate of drug-likeness (QED) is 0.869. The molecule has 1 heterocycles. The van der Waals surface area contributed by atoms with E-state index >= 15 is 0 Å². The molecule has 0 radical (unpaired) electrons. The maximum Gasteiger partial charge on any atom is 0.225 e. The Balaban J connectivity index is 1.95. The van der Waals surface area contributed by atoms with E-state index in [1.165, 1.54) is 0 Å². The number of benzene rings is 1. The van der Waals surface area contributed by atoms with Crippen molar-refractivity contribution in [3.63, 3.8) is 0 Å². The van der Waals surface area contributed by atoms with Crippen LogP contribution in [0.15, 0.2) is 18.2 Å². The summed E-state index contributed by atoms with van der Waals surface area (Å²) in [6, 6.07) is 5.79. The number of amides is 1. The number of carbonyl (C=O) groups is 1. The molecule has 1 aromatic carbocycles. The van der Waals surface area contributed by atoms with E-state index in [0.29, 0.717) is 0 Å². The van der Waals surface area contributed by atoms with Gasteiger partial charge in [0.1, 0.15) is 11.5 Å². The van der Waals surface area contributed by atoms with Crippen LogP contribution in [0.1, 0.15) is 18.9 Å². The zero-order valence-corrected chi connectivity index (χ0v) is 13.7. The third-order valence-corrected chi connectivity index (χ3v) is 4.18. The Morgan fingerprint density at radius 1 is 1.27 bits per heavy atom. The van der Waals surface area contributed by atoms with Crippen molar-refractivity contribution >= 4 is 5.91 Å². The van der Waals surface area contributed by atoms with Crippen LogP contribution in [0.25, 0.3) is 0 Å². The number of rotatable bonds is 6. The second-order valence-electron chi connectivity index (χ2n) is 5.69. The van der Waals surface area contributed by atoms with Gasteiger partial charge in [-0.15, -0.1) is 0 Å². The summed E-state index contributed by atoms with van der Waals surface area (Å²) in [5.74, 6) is 1.94. The van der Waals surface area contributed by atoms with Gasteiger partial charge in [-0.25, -0.2) is 0 Å². The molecule has 122 valence electrons. The van der Waals surface area contributed by atoms with Crippen LogP contribution in [-0.2, 0) is 11.2 Å². The molecule has 1 fully saturated rings. The van der Waals surface area contributed by atoms with Crippen molar-refractivity contribution in [2.45, 2.75) is 19.8 Å². The number of nitrogens with zero attached hydrogens (tertiary/aromatic N) is 1. The molecular formula is C17H26N2O3. The first-order valence-electron chi connectivity index (χ1n) is 7.86. The largest absolute Gasteiger partial charge is 0.497 e. The van der Waals surface area contributed by atoms with Crippen molar-refractivity contribution in [1.29, 1.82) is 0 Å². The molecule has 1 N–H and O–H groups in total. The fraction of sp³-hybridized carbons (Fsp3) is 0.588. The van der Waals surface area contributed by atoms with Crippen molar-refractivity contribution in [2.75, 3.05) is 40.4 Å². The number of carbonyl (C=O) groups excluding carboxylic acids is 1. The number of hydrogen-bond acceptors (Lipinski definition) is 4. The van der Waals surface area contributed by atoms with E-state index in [0.717, 1.165) is 56.1 Å². The van der Waals surface area contributed by atoms with Gasteiger partial charge in [-0.1, -0.05) is 6.92 Å². The molecule has 0 aromatic heterocycles. The van der Waals surface area contributed by atoms with Crippen LogP contribution in [0.4, 0.5) is 0 Å². The van der Waals surface area contributed by atoms with E-state index in [4.69, 9.17) is 9.47 Å². The Morgan fingerprint density at radius 2 is 2.00 bits per heavy atom. The van der Waals surface area contributed by atoms with Crippen molar-refractivity contribution in [3.8, 4) is 11.5 Å². The Labute approximate surface area is 132 Å². The van der Waals surface area contributed by atoms with Crippen LogP contribution in [-0.4, -0.2) is 51.2 Å². The van der Waals surface area contributed by atoms with Crippen molar-refractivity contribution in [1.82, 2.24) is 10.2 Å². The smallest absolute Gasteiger partial charge is 0.225 e. The lowest BCUT2D eigenvalue weighted by Gasteiger charge is -2.29. The van der Waals surface area contributed by atoms with Gasteiger partial charge in [-0.05, 0) is 36.6 Å². The molecule has 0 spiro atoms. The summed E-state index contributed by atoms with van der Waals surface area (Å²) in [5.41, 5.74) is 1.09. The van der Waals surface area contributed by atoms with Crippen LogP contribution in [0, 0.1) is 5.92 Å². The zero-order valence-electron chi connectivity index (χ0n) is 13.7. The molecule has 0 bridgehead atoms. The van der Waals surface area contributed by atoms with E-state index in [-0.39, 0.29) is 11.8 Å². The molecule has 5 nitrogen and oxygen atoms in total. The van der Waals surface area contributed by atoms with Crippen LogP contribution in [0.5, 0.6) is 11.5 Å². The fourth-order valence-corrected chi connectivity index (χ4v) is 2.77. The first kappa shape index (κ1) is 16.6. The van der Waals surface area contributed by atoms with Gasteiger partial charge in [-0.3, -0.25) is 4.79 Å². The first-order valence-corrected chi connectivity index (χ1v) is 7.86. The van der Waals surface area contributed by atoms with E-state index in [2.05, 4.69) is 5.32 Å². The lowest BCUT2D eigenvalue weighted by Crippen LogP contribution is -2.48. The second-order valence-corrected chi connectivity index (χ2v) is 5.69. The van der Waals surface area contributed by atoms with E-state index < -0.39 is 0 Å². The fourth-order valence-electron chi connectivity index (χ4n) is 2.77. The second kappa shape index (κ2) is 8.03. The SMILES string of the molecule is COc1ccc(OC)c(CCC(C)C(=O)N2CCNCC2)c1. The third kappa shape index (κ3) is 4.13. The Hall–Kier alpha value is -1.75. The summed E-state index contributed by atoms with van der Waals surface area (Å²) in [6.45, 7) is 5.42. The molecule has 1 amide bonds. The van der Waals surface area contributed by atoms with Crippen LogP contribution in [0.3, 0.4) is 0 Å². The summed E-state index contributed by atoms with van der Waals surface area (Å²) in [5, 5.41) is 3.27. The molecule has 22 heavy (non-hydrogen) atoms. The number of methoxy groups -OCH3 is 2. The predicted molar refractivity (Wildman–Crippen MR) is 86.5 cm³/mol. The zero-order chi connectivity index (χ0) is 15.9. The maximum atomic E-state index is 12.4. The van der Waals surface area contributed by atoms with Crippen LogP contribution in [0.2, 0.25) is 0 Å². The predicted octanol–water partition coefficient (Wildman–Crippen LogP) is 1.70. The van der Waals surface area contributed by atoms with Gasteiger partial charge < -0.3 is 19.7 Å². The molecule has 1 saturated heterocycles. The van der Waals surface area contributed by atoms with E-state index in [1.807, 2.05) is 30.0 Å². The molecule has 1 aliphatic heterocycles. The van der Waals surface area contributed by atoms with Gasteiger partial charge in [-0.2, -0.15) is 0 Å². The molecular weight excluding hydrogens is 280 g/mol. The molecule has 1 unspecified atom stereocenters. The summed E-state index contributed by atoms with van der Waals surface area (Å²) in [6.07, 6.45) is 1.62. The minimum absolute atomic E-state index is 0.0222. The summed E-state index contributed by atoms with van der Waals surface area (Å²) in [7, 11) is 3.32.